The molecule has 0 fully saturated rings. The van der Waals surface area contributed by atoms with Crippen LogP contribution in [-0.4, -0.2) is 11.1 Å². The largest absolute Gasteiger partial charge is 0.475 e. The van der Waals surface area contributed by atoms with Gasteiger partial charge in [0.25, 0.3) is 0 Å². The van der Waals surface area contributed by atoms with Gasteiger partial charge >= 0.3 is 0 Å². The predicted molar refractivity (Wildman–Crippen MR) is 78.5 cm³/mol. The zero-order valence-electron chi connectivity index (χ0n) is 11.6. The molecule has 0 radical (unpaired) electrons. The molecule has 1 aromatic heterocycles. The van der Waals surface area contributed by atoms with E-state index < -0.39 is 0 Å². The van der Waals surface area contributed by atoms with E-state index in [0.29, 0.717) is 18.0 Å². The molecule has 2 aromatic rings. The van der Waals surface area contributed by atoms with E-state index in [0.717, 1.165) is 11.3 Å². The molecule has 0 saturated carbocycles. The van der Waals surface area contributed by atoms with Gasteiger partial charge in [0.1, 0.15) is 0 Å². The van der Waals surface area contributed by atoms with Crippen LogP contribution < -0.4 is 10.1 Å². The zero-order valence-corrected chi connectivity index (χ0v) is 11.6. The number of pyridine rings is 1. The molecule has 0 atom stereocenters. The van der Waals surface area contributed by atoms with Crippen molar-refractivity contribution in [3.8, 4) is 11.9 Å². The van der Waals surface area contributed by atoms with Crippen molar-refractivity contribution in [2.45, 2.75) is 26.5 Å². The van der Waals surface area contributed by atoms with Gasteiger partial charge in [-0.25, -0.2) is 4.98 Å². The Morgan fingerprint density at radius 1 is 1.25 bits per heavy atom. The summed E-state index contributed by atoms with van der Waals surface area (Å²) in [6, 6.07) is 13.3. The summed E-state index contributed by atoms with van der Waals surface area (Å²) in [5, 5.41) is 12.1. The monoisotopic (exact) mass is 267 g/mol. The van der Waals surface area contributed by atoms with E-state index in [1.54, 1.807) is 18.3 Å². The molecule has 20 heavy (non-hydrogen) atoms. The van der Waals surface area contributed by atoms with Gasteiger partial charge in [0.2, 0.25) is 5.88 Å². The number of rotatable bonds is 5. The van der Waals surface area contributed by atoms with Crippen LogP contribution in [0.2, 0.25) is 0 Å². The number of hydrogen-bond acceptors (Lipinski definition) is 4. The molecule has 0 spiro atoms. The fourth-order valence-corrected chi connectivity index (χ4v) is 1.75. The van der Waals surface area contributed by atoms with Gasteiger partial charge in [-0.05, 0) is 44.2 Å². The third kappa shape index (κ3) is 3.72. The summed E-state index contributed by atoms with van der Waals surface area (Å²) >= 11 is 0. The van der Waals surface area contributed by atoms with E-state index in [2.05, 4.69) is 16.4 Å². The van der Waals surface area contributed by atoms with E-state index in [1.165, 1.54) is 0 Å². The number of benzene rings is 1. The Morgan fingerprint density at radius 3 is 2.65 bits per heavy atom. The first-order chi connectivity index (χ1) is 9.69. The van der Waals surface area contributed by atoms with Crippen molar-refractivity contribution in [3.05, 3.63) is 53.7 Å². The van der Waals surface area contributed by atoms with Crippen molar-refractivity contribution in [1.29, 1.82) is 5.26 Å². The molecule has 0 aliphatic rings. The first kappa shape index (κ1) is 13.9. The Kier molecular flexibility index (Phi) is 4.56. The van der Waals surface area contributed by atoms with Crippen LogP contribution in [0.5, 0.6) is 5.88 Å². The van der Waals surface area contributed by atoms with Gasteiger partial charge in [0.05, 0.1) is 17.7 Å². The molecule has 0 bridgehead atoms. The Bertz CT molecular complexity index is 600. The molecule has 0 aliphatic heterocycles. The van der Waals surface area contributed by atoms with Crippen LogP contribution in [0.15, 0.2) is 42.6 Å². The average Bonchev–Trinajstić information content (AvgIpc) is 2.46. The average molecular weight is 267 g/mol. The number of anilines is 1. The Hall–Kier alpha value is -2.54. The standard InChI is InChI=1S/C16H17N3O/c1-12(2)20-16-14(4-3-9-18-16)11-19-15-7-5-13(10-17)6-8-15/h3-9,12,19H,11H2,1-2H3. The topological polar surface area (TPSA) is 57.9 Å². The molecule has 102 valence electrons. The van der Waals surface area contributed by atoms with E-state index in [-0.39, 0.29) is 6.10 Å². The number of nitrogens with zero attached hydrogens (tertiary/aromatic N) is 2. The van der Waals surface area contributed by atoms with Crippen molar-refractivity contribution in [2.24, 2.45) is 0 Å². The summed E-state index contributed by atoms with van der Waals surface area (Å²) in [7, 11) is 0. The lowest BCUT2D eigenvalue weighted by Gasteiger charge is -2.13. The molecule has 0 unspecified atom stereocenters. The molecule has 0 saturated heterocycles. The molecule has 1 aromatic carbocycles. The van der Waals surface area contributed by atoms with Gasteiger partial charge in [-0.1, -0.05) is 6.07 Å². The maximum Gasteiger partial charge on any atom is 0.218 e. The van der Waals surface area contributed by atoms with Gasteiger partial charge < -0.3 is 10.1 Å². The SMILES string of the molecule is CC(C)Oc1ncccc1CNc1ccc(C#N)cc1. The van der Waals surface area contributed by atoms with E-state index in [9.17, 15) is 0 Å². The summed E-state index contributed by atoms with van der Waals surface area (Å²) < 4.78 is 5.68. The highest BCUT2D eigenvalue weighted by molar-refractivity contribution is 5.48. The Labute approximate surface area is 119 Å². The molecule has 2 rings (SSSR count). The molecule has 1 N–H and O–H groups in total. The molecule has 4 heteroatoms. The van der Waals surface area contributed by atoms with Gasteiger partial charge in [-0.15, -0.1) is 0 Å². The minimum atomic E-state index is 0.0959. The fraction of sp³-hybridized carbons (Fsp3) is 0.250. The lowest BCUT2D eigenvalue weighted by Crippen LogP contribution is -2.10. The lowest BCUT2D eigenvalue weighted by atomic mass is 10.2. The predicted octanol–water partition coefficient (Wildman–Crippen LogP) is 3.35. The molecular weight excluding hydrogens is 250 g/mol. The Balaban J connectivity index is 2.04. The highest BCUT2D eigenvalue weighted by atomic mass is 16.5. The number of nitrogens with one attached hydrogen (secondary N) is 1. The molecule has 4 nitrogen and oxygen atoms in total. The minimum Gasteiger partial charge on any atom is -0.475 e. The van der Waals surface area contributed by atoms with Crippen LogP contribution in [0, 0.1) is 11.3 Å². The van der Waals surface area contributed by atoms with Crippen LogP contribution in [0.25, 0.3) is 0 Å². The van der Waals surface area contributed by atoms with Crippen molar-refractivity contribution in [1.82, 2.24) is 4.98 Å². The summed E-state index contributed by atoms with van der Waals surface area (Å²) in [5.74, 6) is 0.656. The number of nitriles is 1. The van der Waals surface area contributed by atoms with Gasteiger partial charge in [-0.3, -0.25) is 0 Å². The second-order valence-corrected chi connectivity index (χ2v) is 4.68. The number of ether oxygens (including phenoxy) is 1. The third-order valence-corrected chi connectivity index (χ3v) is 2.69. The van der Waals surface area contributed by atoms with Crippen molar-refractivity contribution in [2.75, 3.05) is 5.32 Å². The molecule has 1 heterocycles. The maximum atomic E-state index is 8.76. The van der Waals surface area contributed by atoms with Gasteiger partial charge in [-0.2, -0.15) is 5.26 Å². The van der Waals surface area contributed by atoms with E-state index in [1.807, 2.05) is 38.1 Å². The first-order valence-electron chi connectivity index (χ1n) is 6.53. The second kappa shape index (κ2) is 6.58. The molecule has 0 aliphatic carbocycles. The highest BCUT2D eigenvalue weighted by Gasteiger charge is 2.06. The second-order valence-electron chi connectivity index (χ2n) is 4.68. The number of aromatic nitrogens is 1. The highest BCUT2D eigenvalue weighted by Crippen LogP contribution is 2.18. The number of hydrogen-bond donors (Lipinski definition) is 1. The fourth-order valence-electron chi connectivity index (χ4n) is 1.75. The van der Waals surface area contributed by atoms with E-state index >= 15 is 0 Å². The Morgan fingerprint density at radius 2 is 2.00 bits per heavy atom. The van der Waals surface area contributed by atoms with Crippen LogP contribution in [-0.2, 0) is 6.54 Å². The van der Waals surface area contributed by atoms with E-state index in [4.69, 9.17) is 10.00 Å². The first-order valence-corrected chi connectivity index (χ1v) is 6.53. The molecule has 0 amide bonds. The van der Waals surface area contributed by atoms with Crippen LogP contribution in [0.1, 0.15) is 25.0 Å². The quantitative estimate of drug-likeness (QED) is 0.902. The van der Waals surface area contributed by atoms with Crippen LogP contribution in [0.4, 0.5) is 5.69 Å². The van der Waals surface area contributed by atoms with Gasteiger partial charge in [0, 0.05) is 24.0 Å². The van der Waals surface area contributed by atoms with Crippen LogP contribution >= 0.6 is 0 Å². The normalized spacial score (nSPS) is 10.1. The van der Waals surface area contributed by atoms with Crippen molar-refractivity contribution < 1.29 is 4.74 Å². The van der Waals surface area contributed by atoms with Gasteiger partial charge in [0.15, 0.2) is 0 Å². The van der Waals surface area contributed by atoms with Crippen molar-refractivity contribution in [3.63, 3.8) is 0 Å². The smallest absolute Gasteiger partial charge is 0.218 e. The third-order valence-electron chi connectivity index (χ3n) is 2.69. The molecular formula is C16H17N3O. The lowest BCUT2D eigenvalue weighted by molar-refractivity contribution is 0.230. The maximum absolute atomic E-state index is 8.76. The summed E-state index contributed by atoms with van der Waals surface area (Å²) in [4.78, 5) is 4.25. The minimum absolute atomic E-state index is 0.0959. The summed E-state index contributed by atoms with van der Waals surface area (Å²) in [5.41, 5.74) is 2.62. The zero-order chi connectivity index (χ0) is 14.4. The van der Waals surface area contributed by atoms with Crippen molar-refractivity contribution >= 4 is 5.69 Å². The summed E-state index contributed by atoms with van der Waals surface area (Å²) in [6.07, 6.45) is 1.82. The summed E-state index contributed by atoms with van der Waals surface area (Å²) in [6.45, 7) is 4.58. The van der Waals surface area contributed by atoms with Crippen LogP contribution in [0.3, 0.4) is 0 Å².